The van der Waals surface area contributed by atoms with Crippen molar-refractivity contribution in [2.45, 2.75) is 27.7 Å². The van der Waals surface area contributed by atoms with Crippen molar-refractivity contribution in [3.63, 3.8) is 0 Å². The first-order valence-electron chi connectivity index (χ1n) is 8.47. The van der Waals surface area contributed by atoms with Gasteiger partial charge in [-0.2, -0.15) is 0 Å². The molecule has 1 aliphatic rings. The van der Waals surface area contributed by atoms with E-state index in [1.54, 1.807) is 26.0 Å². The fourth-order valence-electron chi connectivity index (χ4n) is 3.21. The number of rotatable bonds is 2. The molecule has 138 valence electrons. The molecule has 0 bridgehead atoms. The highest BCUT2D eigenvalue weighted by Gasteiger charge is 2.34. The molecule has 0 atom stereocenters. The molecule has 3 rings (SSSR count). The molecule has 0 spiro atoms. The van der Waals surface area contributed by atoms with Crippen molar-refractivity contribution in [1.29, 1.82) is 0 Å². The minimum atomic E-state index is -0.533. The van der Waals surface area contributed by atoms with Gasteiger partial charge in [-0.1, -0.05) is 6.07 Å². The van der Waals surface area contributed by atoms with E-state index in [1.165, 1.54) is 11.0 Å². The van der Waals surface area contributed by atoms with E-state index in [9.17, 15) is 14.7 Å². The highest BCUT2D eigenvalue weighted by molar-refractivity contribution is 7.80. The topological polar surface area (TPSA) is 69.6 Å². The Morgan fingerprint density at radius 3 is 2.07 bits per heavy atom. The van der Waals surface area contributed by atoms with E-state index in [0.29, 0.717) is 22.4 Å². The lowest BCUT2D eigenvalue weighted by Gasteiger charge is -2.29. The Morgan fingerprint density at radius 1 is 0.963 bits per heavy atom. The van der Waals surface area contributed by atoms with Crippen LogP contribution in [0.1, 0.15) is 27.8 Å². The predicted molar refractivity (Wildman–Crippen MR) is 110 cm³/mol. The van der Waals surface area contributed by atoms with Crippen LogP contribution in [0.5, 0.6) is 5.75 Å². The second-order valence-corrected chi connectivity index (χ2v) is 7.19. The van der Waals surface area contributed by atoms with Gasteiger partial charge in [-0.3, -0.25) is 19.8 Å². The summed E-state index contributed by atoms with van der Waals surface area (Å²) in [6, 6.07) is 9.15. The number of aromatic hydroxyl groups is 1. The van der Waals surface area contributed by atoms with Crippen molar-refractivity contribution in [2.75, 3.05) is 4.90 Å². The summed E-state index contributed by atoms with van der Waals surface area (Å²) in [6.45, 7) is 7.41. The molecule has 27 heavy (non-hydrogen) atoms. The van der Waals surface area contributed by atoms with Crippen LogP contribution in [-0.2, 0) is 9.59 Å². The van der Waals surface area contributed by atoms with Gasteiger partial charge in [-0.15, -0.1) is 0 Å². The summed E-state index contributed by atoms with van der Waals surface area (Å²) >= 11 is 5.24. The monoisotopic (exact) mass is 380 g/mol. The van der Waals surface area contributed by atoms with Gasteiger partial charge in [-0.05, 0) is 98.1 Å². The molecule has 0 aromatic heterocycles. The molecule has 1 aliphatic heterocycles. The van der Waals surface area contributed by atoms with Crippen molar-refractivity contribution in [3.8, 4) is 5.75 Å². The number of phenolic OH excluding ortho intramolecular Hbond substituents is 1. The summed E-state index contributed by atoms with van der Waals surface area (Å²) in [5, 5.41) is 12.6. The van der Waals surface area contributed by atoms with Gasteiger partial charge in [0.25, 0.3) is 11.8 Å². The van der Waals surface area contributed by atoms with Gasteiger partial charge in [0.05, 0.1) is 5.69 Å². The zero-order valence-electron chi connectivity index (χ0n) is 15.6. The molecule has 5 nitrogen and oxygen atoms in total. The van der Waals surface area contributed by atoms with Crippen LogP contribution >= 0.6 is 12.2 Å². The smallest absolute Gasteiger partial charge is 0.270 e. The summed E-state index contributed by atoms with van der Waals surface area (Å²) in [6.07, 6.45) is 1.52. The largest absolute Gasteiger partial charge is 0.507 e. The molecule has 1 heterocycles. The molecule has 1 saturated heterocycles. The fourth-order valence-corrected chi connectivity index (χ4v) is 3.49. The van der Waals surface area contributed by atoms with Gasteiger partial charge in [0.15, 0.2) is 5.11 Å². The van der Waals surface area contributed by atoms with E-state index in [0.717, 1.165) is 11.1 Å². The number of nitrogens with one attached hydrogen (secondary N) is 1. The van der Waals surface area contributed by atoms with Crippen molar-refractivity contribution in [3.05, 3.63) is 63.7 Å². The lowest BCUT2D eigenvalue weighted by Crippen LogP contribution is -2.54. The first kappa shape index (κ1) is 18.8. The van der Waals surface area contributed by atoms with E-state index in [1.807, 2.05) is 32.0 Å². The average Bonchev–Trinajstić information content (AvgIpc) is 2.55. The van der Waals surface area contributed by atoms with Gasteiger partial charge >= 0.3 is 0 Å². The van der Waals surface area contributed by atoms with E-state index in [4.69, 9.17) is 12.2 Å². The number of amides is 2. The zero-order chi connectivity index (χ0) is 19.9. The molecular formula is C21H20N2O3S. The molecular weight excluding hydrogens is 360 g/mol. The van der Waals surface area contributed by atoms with Crippen LogP contribution in [0.3, 0.4) is 0 Å². The normalized spacial score (nSPS) is 16.1. The second-order valence-electron chi connectivity index (χ2n) is 6.81. The SMILES string of the molecule is Cc1cc(C)cc(N2C(=O)C(=Cc3cc(C)c(O)c(C)c3)C(=O)NC2=S)c1. The zero-order valence-corrected chi connectivity index (χ0v) is 16.4. The number of phenols is 1. The molecule has 2 aromatic carbocycles. The number of hydrogen-bond acceptors (Lipinski definition) is 4. The Kier molecular flexibility index (Phi) is 4.85. The Labute approximate surface area is 163 Å². The Bertz CT molecular complexity index is 981. The summed E-state index contributed by atoms with van der Waals surface area (Å²) in [5.74, 6) is -0.805. The van der Waals surface area contributed by atoms with Gasteiger partial charge < -0.3 is 5.11 Å². The predicted octanol–water partition coefficient (Wildman–Crippen LogP) is 3.46. The number of nitrogens with zero attached hydrogens (tertiary/aromatic N) is 1. The van der Waals surface area contributed by atoms with Gasteiger partial charge in [0, 0.05) is 0 Å². The standard InChI is InChI=1S/C21H20N2O3S/c1-11-5-12(2)7-16(6-11)23-20(26)17(19(25)22-21(23)27)10-15-8-13(3)18(24)14(4)9-15/h5-10,24H,1-4H3,(H,22,25,27). The average molecular weight is 380 g/mol. The molecule has 0 aliphatic carbocycles. The van der Waals surface area contributed by atoms with E-state index in [2.05, 4.69) is 5.32 Å². The number of thiocarbonyl (C=S) groups is 1. The number of anilines is 1. The quantitative estimate of drug-likeness (QED) is 0.476. The minimum Gasteiger partial charge on any atom is -0.507 e. The van der Waals surface area contributed by atoms with E-state index in [-0.39, 0.29) is 16.4 Å². The highest BCUT2D eigenvalue weighted by atomic mass is 32.1. The Morgan fingerprint density at radius 2 is 1.52 bits per heavy atom. The number of carbonyl (C=O) groups excluding carboxylic acids is 2. The van der Waals surface area contributed by atoms with Gasteiger partial charge in [0.1, 0.15) is 11.3 Å². The third-order valence-corrected chi connectivity index (χ3v) is 4.68. The van der Waals surface area contributed by atoms with Crippen LogP contribution < -0.4 is 10.2 Å². The highest BCUT2D eigenvalue weighted by Crippen LogP contribution is 2.27. The summed E-state index contributed by atoms with van der Waals surface area (Å²) in [5.41, 5.74) is 4.60. The van der Waals surface area contributed by atoms with Crippen LogP contribution in [0.25, 0.3) is 6.08 Å². The molecule has 0 saturated carbocycles. The molecule has 0 radical (unpaired) electrons. The van der Waals surface area contributed by atoms with Gasteiger partial charge in [0.2, 0.25) is 0 Å². The number of benzene rings is 2. The van der Waals surface area contributed by atoms with Crippen LogP contribution in [0.2, 0.25) is 0 Å². The third kappa shape index (κ3) is 3.61. The first-order valence-corrected chi connectivity index (χ1v) is 8.88. The van der Waals surface area contributed by atoms with Crippen LogP contribution in [0.4, 0.5) is 5.69 Å². The second kappa shape index (κ2) is 6.96. The van der Waals surface area contributed by atoms with Crippen molar-refractivity contribution in [1.82, 2.24) is 5.32 Å². The fraction of sp³-hybridized carbons (Fsp3) is 0.190. The Balaban J connectivity index is 2.07. The molecule has 2 aromatic rings. The number of hydrogen-bond donors (Lipinski definition) is 2. The minimum absolute atomic E-state index is 0.00718. The third-order valence-electron chi connectivity index (χ3n) is 4.39. The van der Waals surface area contributed by atoms with Crippen molar-refractivity contribution < 1.29 is 14.7 Å². The molecule has 1 fully saturated rings. The first-order chi connectivity index (χ1) is 12.7. The maximum absolute atomic E-state index is 13.1. The Hall–Kier alpha value is -2.99. The molecule has 6 heteroatoms. The molecule has 0 unspecified atom stereocenters. The lowest BCUT2D eigenvalue weighted by molar-refractivity contribution is -0.122. The van der Waals surface area contributed by atoms with Crippen LogP contribution in [0.15, 0.2) is 35.9 Å². The molecule has 2 N–H and O–H groups in total. The van der Waals surface area contributed by atoms with Crippen molar-refractivity contribution in [2.24, 2.45) is 0 Å². The van der Waals surface area contributed by atoms with E-state index < -0.39 is 11.8 Å². The van der Waals surface area contributed by atoms with Crippen LogP contribution in [-0.4, -0.2) is 22.0 Å². The van der Waals surface area contributed by atoms with Crippen LogP contribution in [0, 0.1) is 27.7 Å². The van der Waals surface area contributed by atoms with E-state index >= 15 is 0 Å². The summed E-state index contributed by atoms with van der Waals surface area (Å²) < 4.78 is 0. The van der Waals surface area contributed by atoms with Crippen molar-refractivity contribution >= 4 is 40.9 Å². The maximum Gasteiger partial charge on any atom is 0.270 e. The number of aryl methyl sites for hydroxylation is 4. The maximum atomic E-state index is 13.1. The summed E-state index contributed by atoms with van der Waals surface area (Å²) in [4.78, 5) is 26.8. The summed E-state index contributed by atoms with van der Waals surface area (Å²) in [7, 11) is 0. The lowest BCUT2D eigenvalue weighted by atomic mass is 10.0. The number of carbonyl (C=O) groups is 2. The van der Waals surface area contributed by atoms with Gasteiger partial charge in [-0.25, -0.2) is 0 Å². The molecule has 2 amide bonds.